The van der Waals surface area contributed by atoms with Gasteiger partial charge in [0, 0.05) is 26.2 Å². The van der Waals surface area contributed by atoms with Crippen LogP contribution in [0.1, 0.15) is 31.9 Å². The van der Waals surface area contributed by atoms with E-state index < -0.39 is 11.9 Å². The standard InChI is InChI=1S/C13H19F3N4/c1-3-9-4-6-20(7-5-9)11-8-10(13(14,15)16)18-12(17-2)19-11/h8-9H,3-7H2,1-2H3,(H,17,18,19). The molecular weight excluding hydrogens is 269 g/mol. The first-order valence-corrected chi connectivity index (χ1v) is 6.83. The van der Waals surface area contributed by atoms with Crippen molar-refractivity contribution in [2.24, 2.45) is 5.92 Å². The molecule has 2 heterocycles. The van der Waals surface area contributed by atoms with Crippen LogP contribution in [0.25, 0.3) is 0 Å². The number of rotatable bonds is 3. The molecule has 1 saturated heterocycles. The van der Waals surface area contributed by atoms with Crippen molar-refractivity contribution in [2.75, 3.05) is 30.4 Å². The molecule has 0 amide bonds. The molecule has 0 saturated carbocycles. The number of anilines is 2. The van der Waals surface area contributed by atoms with E-state index in [1.165, 1.54) is 7.05 Å². The maximum absolute atomic E-state index is 12.8. The number of halogens is 3. The predicted octanol–water partition coefficient (Wildman–Crippen LogP) is 3.16. The van der Waals surface area contributed by atoms with E-state index in [-0.39, 0.29) is 5.95 Å². The van der Waals surface area contributed by atoms with Gasteiger partial charge in [-0.25, -0.2) is 4.98 Å². The largest absolute Gasteiger partial charge is 0.433 e. The van der Waals surface area contributed by atoms with Gasteiger partial charge in [-0.05, 0) is 18.8 Å². The second-order valence-electron chi connectivity index (χ2n) is 5.02. The molecule has 1 aliphatic rings. The molecule has 7 heteroatoms. The minimum absolute atomic E-state index is 0.00689. The Morgan fingerprint density at radius 2 is 1.95 bits per heavy atom. The lowest BCUT2D eigenvalue weighted by Gasteiger charge is -2.32. The fourth-order valence-electron chi connectivity index (χ4n) is 2.42. The molecule has 1 aliphatic heterocycles. The van der Waals surface area contributed by atoms with Gasteiger partial charge in [0.15, 0.2) is 5.69 Å². The third-order valence-corrected chi connectivity index (χ3v) is 3.74. The van der Waals surface area contributed by atoms with Crippen LogP contribution < -0.4 is 10.2 Å². The van der Waals surface area contributed by atoms with Crippen LogP contribution in [-0.4, -0.2) is 30.1 Å². The first-order valence-electron chi connectivity index (χ1n) is 6.83. The minimum Gasteiger partial charge on any atom is -0.357 e. The number of hydrogen-bond donors (Lipinski definition) is 1. The van der Waals surface area contributed by atoms with Crippen molar-refractivity contribution >= 4 is 11.8 Å². The van der Waals surface area contributed by atoms with Gasteiger partial charge in [-0.1, -0.05) is 13.3 Å². The average Bonchev–Trinajstić information content (AvgIpc) is 2.46. The van der Waals surface area contributed by atoms with Crippen molar-refractivity contribution in [2.45, 2.75) is 32.4 Å². The summed E-state index contributed by atoms with van der Waals surface area (Å²) >= 11 is 0. The van der Waals surface area contributed by atoms with Crippen LogP contribution in [0.5, 0.6) is 0 Å². The molecule has 112 valence electrons. The second-order valence-corrected chi connectivity index (χ2v) is 5.02. The summed E-state index contributed by atoms with van der Waals surface area (Å²) in [5.41, 5.74) is -0.899. The van der Waals surface area contributed by atoms with Gasteiger partial charge in [-0.3, -0.25) is 0 Å². The second kappa shape index (κ2) is 5.85. The van der Waals surface area contributed by atoms with Crippen molar-refractivity contribution < 1.29 is 13.2 Å². The first kappa shape index (κ1) is 14.9. The number of nitrogens with one attached hydrogen (secondary N) is 1. The zero-order chi connectivity index (χ0) is 14.8. The first-order chi connectivity index (χ1) is 9.44. The zero-order valence-corrected chi connectivity index (χ0v) is 11.7. The summed E-state index contributed by atoms with van der Waals surface area (Å²) in [4.78, 5) is 9.53. The fraction of sp³-hybridized carbons (Fsp3) is 0.692. The molecule has 1 aromatic heterocycles. The molecule has 0 aromatic carbocycles. The highest BCUT2D eigenvalue weighted by molar-refractivity contribution is 5.45. The van der Waals surface area contributed by atoms with E-state index in [1.54, 1.807) is 0 Å². The lowest BCUT2D eigenvalue weighted by molar-refractivity contribution is -0.141. The molecule has 1 aromatic rings. The molecular formula is C13H19F3N4. The van der Waals surface area contributed by atoms with E-state index in [0.29, 0.717) is 11.7 Å². The molecule has 0 spiro atoms. The van der Waals surface area contributed by atoms with E-state index in [1.807, 2.05) is 4.90 Å². The summed E-state index contributed by atoms with van der Waals surface area (Å²) in [7, 11) is 1.52. The maximum atomic E-state index is 12.8. The quantitative estimate of drug-likeness (QED) is 0.927. The Hall–Kier alpha value is -1.53. The maximum Gasteiger partial charge on any atom is 0.433 e. The SMILES string of the molecule is CCC1CCN(c2cc(C(F)(F)F)nc(NC)n2)CC1. The Labute approximate surface area is 116 Å². The number of hydrogen-bond acceptors (Lipinski definition) is 4. The highest BCUT2D eigenvalue weighted by Crippen LogP contribution is 2.31. The van der Waals surface area contributed by atoms with E-state index in [2.05, 4.69) is 22.2 Å². The molecule has 4 nitrogen and oxygen atoms in total. The molecule has 20 heavy (non-hydrogen) atoms. The monoisotopic (exact) mass is 288 g/mol. The van der Waals surface area contributed by atoms with Crippen molar-refractivity contribution in [1.29, 1.82) is 0 Å². The molecule has 0 radical (unpaired) electrons. The van der Waals surface area contributed by atoms with Crippen LogP contribution in [-0.2, 0) is 6.18 Å². The molecule has 2 rings (SSSR count). The molecule has 0 atom stereocenters. The highest BCUT2D eigenvalue weighted by atomic mass is 19.4. The van der Waals surface area contributed by atoms with Gasteiger partial charge in [-0.2, -0.15) is 18.2 Å². The van der Waals surface area contributed by atoms with Crippen LogP contribution in [0.3, 0.4) is 0 Å². The van der Waals surface area contributed by atoms with Gasteiger partial charge in [-0.15, -0.1) is 0 Å². The smallest absolute Gasteiger partial charge is 0.357 e. The Bertz CT molecular complexity index is 453. The van der Waals surface area contributed by atoms with Gasteiger partial charge in [0.25, 0.3) is 0 Å². The highest BCUT2D eigenvalue weighted by Gasteiger charge is 2.34. The van der Waals surface area contributed by atoms with Gasteiger partial charge in [0.2, 0.25) is 5.95 Å². The molecule has 1 fully saturated rings. The number of piperidine rings is 1. The van der Waals surface area contributed by atoms with Crippen molar-refractivity contribution in [1.82, 2.24) is 9.97 Å². The zero-order valence-electron chi connectivity index (χ0n) is 11.7. The summed E-state index contributed by atoms with van der Waals surface area (Å²) in [5.74, 6) is 1.03. The summed E-state index contributed by atoms with van der Waals surface area (Å²) < 4.78 is 38.5. The summed E-state index contributed by atoms with van der Waals surface area (Å²) in [6, 6.07) is 1.03. The third kappa shape index (κ3) is 3.32. The summed E-state index contributed by atoms with van der Waals surface area (Å²) in [5, 5.41) is 2.59. The van der Waals surface area contributed by atoms with Crippen molar-refractivity contribution in [3.63, 3.8) is 0 Å². The lowest BCUT2D eigenvalue weighted by Crippen LogP contribution is -2.34. The van der Waals surface area contributed by atoms with Crippen LogP contribution in [0, 0.1) is 5.92 Å². The Morgan fingerprint density at radius 3 is 2.45 bits per heavy atom. The molecule has 0 unspecified atom stereocenters. The minimum atomic E-state index is -4.45. The topological polar surface area (TPSA) is 41.1 Å². The summed E-state index contributed by atoms with van der Waals surface area (Å²) in [6.07, 6.45) is -1.34. The van der Waals surface area contributed by atoms with E-state index >= 15 is 0 Å². The summed E-state index contributed by atoms with van der Waals surface area (Å²) in [6.45, 7) is 3.64. The Kier molecular flexibility index (Phi) is 4.35. The normalized spacial score (nSPS) is 17.4. The predicted molar refractivity (Wildman–Crippen MR) is 71.8 cm³/mol. The van der Waals surface area contributed by atoms with Crippen molar-refractivity contribution in [3.8, 4) is 0 Å². The molecule has 0 bridgehead atoms. The average molecular weight is 288 g/mol. The van der Waals surface area contributed by atoms with Gasteiger partial charge >= 0.3 is 6.18 Å². The number of nitrogens with zero attached hydrogens (tertiary/aromatic N) is 3. The van der Waals surface area contributed by atoms with Crippen LogP contribution in [0.2, 0.25) is 0 Å². The van der Waals surface area contributed by atoms with Gasteiger partial charge < -0.3 is 10.2 Å². The van der Waals surface area contributed by atoms with Crippen LogP contribution in [0.15, 0.2) is 6.07 Å². The third-order valence-electron chi connectivity index (χ3n) is 3.74. The Balaban J connectivity index is 2.23. The van der Waals surface area contributed by atoms with Crippen LogP contribution >= 0.6 is 0 Å². The van der Waals surface area contributed by atoms with E-state index in [0.717, 1.165) is 38.4 Å². The van der Waals surface area contributed by atoms with Gasteiger partial charge in [0.05, 0.1) is 0 Å². The van der Waals surface area contributed by atoms with Crippen molar-refractivity contribution in [3.05, 3.63) is 11.8 Å². The molecule has 0 aliphatic carbocycles. The fourth-order valence-corrected chi connectivity index (χ4v) is 2.42. The molecule has 1 N–H and O–H groups in total. The number of aromatic nitrogens is 2. The lowest BCUT2D eigenvalue weighted by atomic mass is 9.94. The van der Waals surface area contributed by atoms with Gasteiger partial charge in [0.1, 0.15) is 5.82 Å². The van der Waals surface area contributed by atoms with E-state index in [9.17, 15) is 13.2 Å². The van der Waals surface area contributed by atoms with E-state index in [4.69, 9.17) is 0 Å². The number of alkyl halides is 3. The Morgan fingerprint density at radius 1 is 1.30 bits per heavy atom. The van der Waals surface area contributed by atoms with Crippen LogP contribution in [0.4, 0.5) is 24.9 Å².